The number of ether oxygens (including phenoxy) is 1. The molecule has 0 unspecified atom stereocenters. The van der Waals surface area contributed by atoms with Crippen molar-refractivity contribution in [3.05, 3.63) is 65.2 Å². The SMILES string of the molecule is COc1cc(/C=C(/C#N)C(=O)NCCc2ccccc2)ccc1SC. The zero-order valence-electron chi connectivity index (χ0n) is 14.3. The minimum Gasteiger partial charge on any atom is -0.496 e. The highest BCUT2D eigenvalue weighted by molar-refractivity contribution is 7.98. The molecule has 0 spiro atoms. The quantitative estimate of drug-likeness (QED) is 0.469. The molecular formula is C20H20N2O2S. The molecular weight excluding hydrogens is 332 g/mol. The molecule has 0 bridgehead atoms. The Morgan fingerprint density at radius 1 is 1.28 bits per heavy atom. The summed E-state index contributed by atoms with van der Waals surface area (Å²) in [4.78, 5) is 13.2. The smallest absolute Gasteiger partial charge is 0.261 e. The lowest BCUT2D eigenvalue weighted by molar-refractivity contribution is -0.117. The first kappa shape index (κ1) is 18.6. The second kappa shape index (κ2) is 9.55. The summed E-state index contributed by atoms with van der Waals surface area (Å²) >= 11 is 1.58. The molecule has 5 heteroatoms. The van der Waals surface area contributed by atoms with Gasteiger partial charge in [-0.05, 0) is 42.0 Å². The largest absolute Gasteiger partial charge is 0.496 e. The standard InChI is InChI=1S/C20H20N2O2S/c1-24-18-13-16(8-9-19(18)25-2)12-17(14-21)20(23)22-11-10-15-6-4-3-5-7-15/h3-9,12-13H,10-11H2,1-2H3,(H,22,23)/b17-12-. The first-order valence-electron chi connectivity index (χ1n) is 7.84. The van der Waals surface area contributed by atoms with Gasteiger partial charge in [0.15, 0.2) is 0 Å². The first-order valence-corrected chi connectivity index (χ1v) is 9.06. The summed E-state index contributed by atoms with van der Waals surface area (Å²) in [5.74, 6) is 0.356. The molecule has 0 aliphatic rings. The van der Waals surface area contributed by atoms with Gasteiger partial charge in [0.2, 0.25) is 0 Å². The molecule has 25 heavy (non-hydrogen) atoms. The Hall–Kier alpha value is -2.71. The molecule has 2 aromatic carbocycles. The number of hydrogen-bond acceptors (Lipinski definition) is 4. The highest BCUT2D eigenvalue weighted by Crippen LogP contribution is 2.29. The van der Waals surface area contributed by atoms with Crippen molar-refractivity contribution in [2.24, 2.45) is 0 Å². The number of amides is 1. The molecule has 0 aliphatic heterocycles. The Bertz CT molecular complexity index is 795. The van der Waals surface area contributed by atoms with Crippen molar-refractivity contribution in [2.45, 2.75) is 11.3 Å². The normalized spacial score (nSPS) is 10.8. The summed E-state index contributed by atoms with van der Waals surface area (Å²) in [5, 5.41) is 12.1. The molecule has 0 aromatic heterocycles. The number of benzene rings is 2. The van der Waals surface area contributed by atoms with Gasteiger partial charge in [-0.2, -0.15) is 5.26 Å². The average molecular weight is 352 g/mol. The van der Waals surface area contributed by atoms with E-state index in [0.29, 0.717) is 6.54 Å². The van der Waals surface area contributed by atoms with Crippen LogP contribution in [0, 0.1) is 11.3 Å². The third kappa shape index (κ3) is 5.40. The second-order valence-corrected chi connectivity index (χ2v) is 6.12. The minimum absolute atomic E-state index is 0.0759. The van der Waals surface area contributed by atoms with Gasteiger partial charge in [0.05, 0.1) is 7.11 Å². The topological polar surface area (TPSA) is 62.1 Å². The molecule has 0 fully saturated rings. The van der Waals surface area contributed by atoms with Crippen LogP contribution in [-0.2, 0) is 11.2 Å². The van der Waals surface area contributed by atoms with Crippen molar-refractivity contribution in [1.29, 1.82) is 5.26 Å². The number of carbonyl (C=O) groups excluding carboxylic acids is 1. The van der Waals surface area contributed by atoms with Crippen LogP contribution in [0.4, 0.5) is 0 Å². The molecule has 0 saturated heterocycles. The molecule has 0 heterocycles. The number of rotatable bonds is 7. The summed E-state index contributed by atoms with van der Waals surface area (Å²) in [7, 11) is 1.60. The molecule has 1 amide bonds. The van der Waals surface area contributed by atoms with Gasteiger partial charge in [-0.15, -0.1) is 11.8 Å². The third-order valence-electron chi connectivity index (χ3n) is 3.63. The van der Waals surface area contributed by atoms with E-state index in [1.54, 1.807) is 24.9 Å². The molecule has 0 aliphatic carbocycles. The zero-order chi connectivity index (χ0) is 18.1. The molecule has 2 rings (SSSR count). The molecule has 2 aromatic rings. The number of hydrogen-bond donors (Lipinski definition) is 1. The molecule has 0 atom stereocenters. The van der Waals surface area contributed by atoms with E-state index in [-0.39, 0.29) is 11.5 Å². The molecule has 128 valence electrons. The number of carbonyl (C=O) groups is 1. The lowest BCUT2D eigenvalue weighted by Gasteiger charge is -2.08. The predicted octanol–water partition coefficient (Wildman–Crippen LogP) is 3.68. The maximum absolute atomic E-state index is 12.2. The molecule has 0 radical (unpaired) electrons. The van der Waals surface area contributed by atoms with Crippen LogP contribution in [0.5, 0.6) is 5.75 Å². The first-order chi connectivity index (χ1) is 12.2. The van der Waals surface area contributed by atoms with Gasteiger partial charge in [0, 0.05) is 11.4 Å². The highest BCUT2D eigenvalue weighted by atomic mass is 32.2. The fraction of sp³-hybridized carbons (Fsp3) is 0.200. The van der Waals surface area contributed by atoms with Crippen LogP contribution in [-0.4, -0.2) is 25.8 Å². The molecule has 1 N–H and O–H groups in total. The fourth-order valence-corrected chi connectivity index (χ4v) is 2.87. The monoisotopic (exact) mass is 352 g/mol. The Morgan fingerprint density at radius 3 is 2.68 bits per heavy atom. The second-order valence-electron chi connectivity index (χ2n) is 5.28. The summed E-state index contributed by atoms with van der Waals surface area (Å²) in [5.41, 5.74) is 1.97. The lowest BCUT2D eigenvalue weighted by Crippen LogP contribution is -2.26. The zero-order valence-corrected chi connectivity index (χ0v) is 15.1. The van der Waals surface area contributed by atoms with Gasteiger partial charge >= 0.3 is 0 Å². The molecule has 4 nitrogen and oxygen atoms in total. The van der Waals surface area contributed by atoms with Crippen LogP contribution < -0.4 is 10.1 Å². The lowest BCUT2D eigenvalue weighted by atomic mass is 10.1. The minimum atomic E-state index is -0.369. The highest BCUT2D eigenvalue weighted by Gasteiger charge is 2.09. The van der Waals surface area contributed by atoms with Gasteiger partial charge in [-0.3, -0.25) is 4.79 Å². The van der Waals surface area contributed by atoms with E-state index < -0.39 is 0 Å². The Balaban J connectivity index is 2.04. The van der Waals surface area contributed by atoms with Gasteiger partial charge in [-0.25, -0.2) is 0 Å². The van der Waals surface area contributed by atoms with Gasteiger partial charge in [0.25, 0.3) is 5.91 Å². The number of nitrogens with one attached hydrogen (secondary N) is 1. The van der Waals surface area contributed by atoms with Crippen LogP contribution in [0.25, 0.3) is 6.08 Å². The maximum atomic E-state index is 12.2. The van der Waals surface area contributed by atoms with E-state index in [2.05, 4.69) is 5.32 Å². The van der Waals surface area contributed by atoms with Crippen LogP contribution in [0.15, 0.2) is 59.0 Å². The summed E-state index contributed by atoms with van der Waals surface area (Å²) < 4.78 is 5.33. The number of nitriles is 1. The van der Waals surface area contributed by atoms with Gasteiger partial charge in [-0.1, -0.05) is 36.4 Å². The summed E-state index contributed by atoms with van der Waals surface area (Å²) in [6, 6.07) is 17.5. The van der Waals surface area contributed by atoms with Crippen molar-refractivity contribution in [3.8, 4) is 11.8 Å². The van der Waals surface area contributed by atoms with E-state index in [0.717, 1.165) is 28.2 Å². The Labute approximate surface area is 152 Å². The number of methoxy groups -OCH3 is 1. The van der Waals surface area contributed by atoms with E-state index in [9.17, 15) is 10.1 Å². The summed E-state index contributed by atoms with van der Waals surface area (Å²) in [6.07, 6.45) is 4.26. The predicted molar refractivity (Wildman–Crippen MR) is 102 cm³/mol. The Kier molecular flexibility index (Phi) is 7.12. The van der Waals surface area contributed by atoms with Crippen molar-refractivity contribution >= 4 is 23.7 Å². The maximum Gasteiger partial charge on any atom is 0.261 e. The van der Waals surface area contributed by atoms with E-state index in [1.807, 2.05) is 60.9 Å². The third-order valence-corrected chi connectivity index (χ3v) is 4.40. The molecule has 0 saturated carbocycles. The number of nitrogens with zero attached hydrogens (tertiary/aromatic N) is 1. The van der Waals surface area contributed by atoms with Crippen LogP contribution >= 0.6 is 11.8 Å². The van der Waals surface area contributed by atoms with Gasteiger partial charge < -0.3 is 10.1 Å². The van der Waals surface area contributed by atoms with Crippen molar-refractivity contribution < 1.29 is 9.53 Å². The summed E-state index contributed by atoms with van der Waals surface area (Å²) in [6.45, 7) is 0.483. The van der Waals surface area contributed by atoms with Crippen molar-refractivity contribution in [1.82, 2.24) is 5.32 Å². The van der Waals surface area contributed by atoms with E-state index in [1.165, 1.54) is 0 Å². The van der Waals surface area contributed by atoms with E-state index in [4.69, 9.17) is 4.74 Å². The van der Waals surface area contributed by atoms with Crippen LogP contribution in [0.3, 0.4) is 0 Å². The fourth-order valence-electron chi connectivity index (χ4n) is 2.32. The number of thioether (sulfide) groups is 1. The van der Waals surface area contributed by atoms with E-state index >= 15 is 0 Å². The van der Waals surface area contributed by atoms with Gasteiger partial charge in [0.1, 0.15) is 17.4 Å². The van der Waals surface area contributed by atoms with Crippen LogP contribution in [0.2, 0.25) is 0 Å². The van der Waals surface area contributed by atoms with Crippen molar-refractivity contribution in [2.75, 3.05) is 19.9 Å². The van der Waals surface area contributed by atoms with Crippen molar-refractivity contribution in [3.63, 3.8) is 0 Å². The van der Waals surface area contributed by atoms with Crippen LogP contribution in [0.1, 0.15) is 11.1 Å². The average Bonchev–Trinajstić information content (AvgIpc) is 2.66. The Morgan fingerprint density at radius 2 is 2.04 bits per heavy atom.